The van der Waals surface area contributed by atoms with E-state index in [9.17, 15) is 23.1 Å². The molecule has 1 saturated carbocycles. The predicted octanol–water partition coefficient (Wildman–Crippen LogP) is 3.80. The first kappa shape index (κ1) is 30.1. The zero-order valence-corrected chi connectivity index (χ0v) is 25.4. The van der Waals surface area contributed by atoms with Crippen LogP contribution >= 0.6 is 0 Å². The summed E-state index contributed by atoms with van der Waals surface area (Å²) in [5.74, 6) is 0.522. The molecule has 232 valence electrons. The Morgan fingerprint density at radius 2 is 1.55 bits per heavy atom. The van der Waals surface area contributed by atoms with Crippen LogP contribution < -0.4 is 10.1 Å². The fourth-order valence-electron chi connectivity index (χ4n) is 5.83. The van der Waals surface area contributed by atoms with Crippen LogP contribution in [0.4, 0.5) is 0 Å². The van der Waals surface area contributed by atoms with Crippen molar-refractivity contribution in [3.8, 4) is 11.5 Å². The number of likely N-dealkylation sites (tertiary alicyclic amines) is 2. The van der Waals surface area contributed by atoms with Crippen molar-refractivity contribution in [1.29, 1.82) is 0 Å². The lowest BCUT2D eigenvalue weighted by molar-refractivity contribution is 0.0589. The number of carbonyl (C=O) groups is 2. The highest BCUT2D eigenvalue weighted by molar-refractivity contribution is 7.92. The summed E-state index contributed by atoms with van der Waals surface area (Å²) in [7, 11) is -3.22. The van der Waals surface area contributed by atoms with E-state index >= 15 is 0 Å². The number of piperidine rings is 2. The highest BCUT2D eigenvalue weighted by atomic mass is 32.2. The minimum Gasteiger partial charge on any atom is -0.508 e. The van der Waals surface area contributed by atoms with Crippen molar-refractivity contribution in [1.82, 2.24) is 20.1 Å². The van der Waals surface area contributed by atoms with Gasteiger partial charge in [0, 0.05) is 57.8 Å². The van der Waals surface area contributed by atoms with Crippen LogP contribution in [0.5, 0.6) is 11.5 Å². The summed E-state index contributed by atoms with van der Waals surface area (Å²) in [6.45, 7) is 3.60. The average Bonchev–Trinajstić information content (AvgIpc) is 3.90. The van der Waals surface area contributed by atoms with Crippen molar-refractivity contribution < 1.29 is 27.9 Å². The third-order valence-corrected chi connectivity index (χ3v) is 10.9. The van der Waals surface area contributed by atoms with Crippen molar-refractivity contribution in [3.05, 3.63) is 83.7 Å². The Bertz CT molecular complexity index is 1560. The molecule has 0 radical (unpaired) electrons. The zero-order valence-electron chi connectivity index (χ0n) is 24.6. The van der Waals surface area contributed by atoms with Gasteiger partial charge in [-0.2, -0.15) is 0 Å². The van der Waals surface area contributed by atoms with Crippen molar-refractivity contribution in [3.63, 3.8) is 0 Å². The molecule has 44 heavy (non-hydrogen) atoms. The van der Waals surface area contributed by atoms with Crippen LogP contribution in [0.15, 0.2) is 71.8 Å². The van der Waals surface area contributed by atoms with E-state index in [-0.39, 0.29) is 35.0 Å². The molecular formula is C33H38N4O6S. The third kappa shape index (κ3) is 7.22. The fourth-order valence-corrected chi connectivity index (χ4v) is 7.49. The summed E-state index contributed by atoms with van der Waals surface area (Å²) < 4.78 is 30.9. The van der Waals surface area contributed by atoms with Crippen LogP contribution in [-0.4, -0.2) is 83.7 Å². The molecule has 2 N–H and O–H groups in total. The van der Waals surface area contributed by atoms with Gasteiger partial charge in [0.25, 0.3) is 11.8 Å². The number of hydrogen-bond donors (Lipinski definition) is 2. The molecular weight excluding hydrogens is 580 g/mol. The molecule has 0 unspecified atom stereocenters. The van der Waals surface area contributed by atoms with E-state index in [1.807, 2.05) is 12.1 Å². The highest BCUT2D eigenvalue weighted by Crippen LogP contribution is 2.34. The lowest BCUT2D eigenvalue weighted by Gasteiger charge is -2.32. The predicted molar refractivity (Wildman–Crippen MR) is 164 cm³/mol. The van der Waals surface area contributed by atoms with Gasteiger partial charge in [-0.05, 0) is 79.8 Å². The standard InChI is InChI=1S/C33H38N4O6S/c38-26-4-1-23(2-5-26)22-36-17-13-25(14-18-36)35-32(39)24-3-12-31(34-21-24)33(40)37-19-15-28(16-20-37)43-27-6-8-29(9-7-27)44(41,42)30-10-11-30/h1-9,12,21,25,28,30,38H,10-11,13-20,22H2,(H,35,39). The number of carbonyl (C=O) groups excluding carboxylic acids is 2. The van der Waals surface area contributed by atoms with Gasteiger partial charge in [-0.1, -0.05) is 12.1 Å². The van der Waals surface area contributed by atoms with E-state index in [1.165, 1.54) is 6.20 Å². The van der Waals surface area contributed by atoms with Gasteiger partial charge in [0.05, 0.1) is 15.7 Å². The summed E-state index contributed by atoms with van der Waals surface area (Å²) in [5.41, 5.74) is 1.88. The first-order valence-corrected chi connectivity index (χ1v) is 16.9. The van der Waals surface area contributed by atoms with Gasteiger partial charge in [0.1, 0.15) is 23.3 Å². The van der Waals surface area contributed by atoms with E-state index < -0.39 is 9.84 Å². The number of pyridine rings is 1. The van der Waals surface area contributed by atoms with Crippen LogP contribution in [0.3, 0.4) is 0 Å². The Labute approximate surface area is 258 Å². The lowest BCUT2D eigenvalue weighted by Crippen LogP contribution is -2.44. The van der Waals surface area contributed by atoms with Crippen molar-refractivity contribution in [2.24, 2.45) is 0 Å². The molecule has 1 aromatic heterocycles. The minimum atomic E-state index is -3.22. The topological polar surface area (TPSA) is 129 Å². The van der Waals surface area contributed by atoms with Gasteiger partial charge >= 0.3 is 0 Å². The monoisotopic (exact) mass is 618 g/mol. The fraction of sp³-hybridized carbons (Fsp3) is 0.424. The number of benzene rings is 2. The van der Waals surface area contributed by atoms with Crippen molar-refractivity contribution in [2.45, 2.75) is 67.4 Å². The van der Waals surface area contributed by atoms with Crippen LogP contribution in [0.25, 0.3) is 0 Å². The normalized spacial score (nSPS) is 18.6. The number of phenolic OH excluding ortho intramolecular Hbond substituents is 1. The first-order valence-electron chi connectivity index (χ1n) is 15.3. The second-order valence-electron chi connectivity index (χ2n) is 11.9. The molecule has 3 heterocycles. The Morgan fingerprint density at radius 1 is 0.864 bits per heavy atom. The molecule has 2 saturated heterocycles. The van der Waals surface area contributed by atoms with Gasteiger partial charge in [0.15, 0.2) is 9.84 Å². The number of phenols is 1. The zero-order chi connectivity index (χ0) is 30.7. The van der Waals surface area contributed by atoms with Crippen LogP contribution in [-0.2, 0) is 16.4 Å². The maximum Gasteiger partial charge on any atom is 0.272 e. The molecule has 6 rings (SSSR count). The number of ether oxygens (including phenoxy) is 1. The third-order valence-electron chi connectivity index (χ3n) is 8.66. The largest absolute Gasteiger partial charge is 0.508 e. The number of aromatic nitrogens is 1. The number of amides is 2. The smallest absolute Gasteiger partial charge is 0.272 e. The summed E-state index contributed by atoms with van der Waals surface area (Å²) in [4.78, 5) is 34.7. The number of rotatable bonds is 9. The highest BCUT2D eigenvalue weighted by Gasteiger charge is 2.36. The SMILES string of the molecule is O=C(NC1CCN(Cc2ccc(O)cc2)CC1)c1ccc(C(=O)N2CCC(Oc3ccc(S(=O)(=O)C4CC4)cc3)CC2)nc1. The number of hydrogen-bond acceptors (Lipinski definition) is 8. The van der Waals surface area contributed by atoms with Crippen molar-refractivity contribution >= 4 is 21.7 Å². The quantitative estimate of drug-likeness (QED) is 0.371. The first-order chi connectivity index (χ1) is 21.2. The maximum absolute atomic E-state index is 13.1. The van der Waals surface area contributed by atoms with E-state index in [0.29, 0.717) is 47.8 Å². The molecule has 0 spiro atoms. The second-order valence-corrected chi connectivity index (χ2v) is 14.2. The second kappa shape index (κ2) is 13.0. The summed E-state index contributed by atoms with van der Waals surface area (Å²) in [6.07, 6.45) is 5.87. The number of sulfone groups is 1. The molecule has 2 amide bonds. The van der Waals surface area contributed by atoms with Gasteiger partial charge in [0.2, 0.25) is 0 Å². The van der Waals surface area contributed by atoms with Crippen LogP contribution in [0.1, 0.15) is 64.9 Å². The molecule has 1 aliphatic carbocycles. The van der Waals surface area contributed by atoms with Crippen LogP contribution in [0, 0.1) is 0 Å². The Morgan fingerprint density at radius 3 is 2.16 bits per heavy atom. The molecule has 2 aromatic carbocycles. The molecule has 3 aliphatic rings. The Kier molecular flexibility index (Phi) is 8.86. The summed E-state index contributed by atoms with van der Waals surface area (Å²) >= 11 is 0. The number of aromatic hydroxyl groups is 1. The van der Waals surface area contributed by atoms with E-state index in [2.05, 4.69) is 15.2 Å². The van der Waals surface area contributed by atoms with Gasteiger partial charge in [-0.15, -0.1) is 0 Å². The summed E-state index contributed by atoms with van der Waals surface area (Å²) in [5, 5.41) is 12.3. The number of nitrogens with zero attached hydrogens (tertiary/aromatic N) is 3. The van der Waals surface area contributed by atoms with Gasteiger partial charge < -0.3 is 20.1 Å². The van der Waals surface area contributed by atoms with Gasteiger partial charge in [-0.3, -0.25) is 19.5 Å². The molecule has 10 nitrogen and oxygen atoms in total. The Hall–Kier alpha value is -3.96. The molecule has 0 atom stereocenters. The van der Waals surface area contributed by atoms with Gasteiger partial charge in [-0.25, -0.2) is 8.42 Å². The molecule has 3 aromatic rings. The molecule has 0 bridgehead atoms. The average molecular weight is 619 g/mol. The molecule has 2 aliphatic heterocycles. The molecule has 3 fully saturated rings. The minimum absolute atomic E-state index is 0.0661. The van der Waals surface area contributed by atoms with E-state index in [1.54, 1.807) is 53.4 Å². The Balaban J connectivity index is 0.933. The lowest BCUT2D eigenvalue weighted by atomic mass is 10.0. The maximum atomic E-state index is 13.1. The van der Waals surface area contributed by atoms with Crippen molar-refractivity contribution in [2.75, 3.05) is 26.2 Å². The van der Waals surface area contributed by atoms with E-state index in [4.69, 9.17) is 4.74 Å². The number of nitrogens with one attached hydrogen (secondary N) is 1. The van der Waals surface area contributed by atoms with E-state index in [0.717, 1.165) is 50.9 Å². The molecule has 11 heteroatoms. The van der Waals surface area contributed by atoms with Crippen LogP contribution in [0.2, 0.25) is 0 Å². The summed E-state index contributed by atoms with van der Waals surface area (Å²) in [6, 6.07) is 17.2.